The van der Waals surface area contributed by atoms with Gasteiger partial charge in [0.25, 0.3) is 5.91 Å². The zero-order valence-corrected chi connectivity index (χ0v) is 18.6. The Morgan fingerprint density at radius 3 is 2.28 bits per heavy atom. The molecular weight excluding hydrogens is 472 g/mol. The van der Waals surface area contributed by atoms with Crippen molar-refractivity contribution in [1.82, 2.24) is 4.68 Å². The predicted octanol–water partition coefficient (Wildman–Crippen LogP) is 4.67. The molecule has 0 aliphatic carbocycles. The molecule has 0 aliphatic heterocycles. The van der Waals surface area contributed by atoms with Gasteiger partial charge in [-0.2, -0.15) is 0 Å². The highest BCUT2D eigenvalue weighted by atomic mass is 79.9. The van der Waals surface area contributed by atoms with E-state index in [1.165, 1.54) is 4.68 Å². The van der Waals surface area contributed by atoms with Gasteiger partial charge in [0.1, 0.15) is 5.69 Å². The molecule has 3 amide bonds. The summed E-state index contributed by atoms with van der Waals surface area (Å²) in [5.41, 5.74) is 5.35. The van der Waals surface area contributed by atoms with Crippen molar-refractivity contribution in [2.75, 3.05) is 16.1 Å². The third kappa shape index (κ3) is 4.55. The van der Waals surface area contributed by atoms with Crippen LogP contribution >= 0.6 is 15.9 Å². The topological polar surface area (TPSA) is 92.2 Å². The summed E-state index contributed by atoms with van der Waals surface area (Å²) in [6.45, 7) is 1.89. The highest BCUT2D eigenvalue weighted by molar-refractivity contribution is 9.10. The number of hydrogen-bond acceptors (Lipinski definition) is 3. The summed E-state index contributed by atoms with van der Waals surface area (Å²) in [4.78, 5) is 38.1. The van der Waals surface area contributed by atoms with E-state index in [9.17, 15) is 14.4 Å². The van der Waals surface area contributed by atoms with Gasteiger partial charge >= 0.3 is 11.8 Å². The third-order valence-electron chi connectivity index (χ3n) is 4.84. The van der Waals surface area contributed by atoms with Crippen molar-refractivity contribution < 1.29 is 14.4 Å². The number of aryl methyl sites for hydroxylation is 1. The molecule has 32 heavy (non-hydrogen) atoms. The molecule has 0 unspecified atom stereocenters. The summed E-state index contributed by atoms with van der Waals surface area (Å²) in [6.07, 6.45) is 0. The molecule has 4 aromatic rings. The van der Waals surface area contributed by atoms with Crippen LogP contribution in [0, 0.1) is 6.92 Å². The zero-order chi connectivity index (χ0) is 22.7. The van der Waals surface area contributed by atoms with Crippen LogP contribution in [0.3, 0.4) is 0 Å². The number of hydrogen-bond donors (Lipinski definition) is 3. The van der Waals surface area contributed by atoms with E-state index in [2.05, 4.69) is 32.0 Å². The molecule has 1 aromatic heterocycles. The first-order valence-corrected chi connectivity index (χ1v) is 10.6. The van der Waals surface area contributed by atoms with Crippen LogP contribution < -0.4 is 16.1 Å². The van der Waals surface area contributed by atoms with E-state index in [1.54, 1.807) is 54.6 Å². The molecule has 0 atom stereocenters. The van der Waals surface area contributed by atoms with Gasteiger partial charge < -0.3 is 10.6 Å². The fourth-order valence-corrected chi connectivity index (χ4v) is 3.61. The lowest BCUT2D eigenvalue weighted by Crippen LogP contribution is -2.36. The second-order valence-electron chi connectivity index (χ2n) is 7.10. The Morgan fingerprint density at radius 1 is 0.812 bits per heavy atom. The molecule has 0 aliphatic rings. The third-order valence-corrected chi connectivity index (χ3v) is 5.33. The standard InChI is InChI=1S/C24H19BrN4O3/c1-15-7-5-6-10-19(15)27-22(30)21-14-16-13-17(25)11-12-20(16)29(21)28-24(32)23(31)26-18-8-3-2-4-9-18/h2-14H,1H3,(H,26,31)(H,27,30)(H,28,32). The monoisotopic (exact) mass is 490 g/mol. The van der Waals surface area contributed by atoms with E-state index < -0.39 is 17.7 Å². The van der Waals surface area contributed by atoms with Crippen LogP contribution in [0.2, 0.25) is 0 Å². The Hall–Kier alpha value is -3.91. The molecule has 4 rings (SSSR count). The lowest BCUT2D eigenvalue weighted by molar-refractivity contribution is -0.133. The van der Waals surface area contributed by atoms with Crippen molar-refractivity contribution in [2.24, 2.45) is 0 Å². The molecule has 160 valence electrons. The van der Waals surface area contributed by atoms with E-state index in [0.717, 1.165) is 15.4 Å². The second-order valence-corrected chi connectivity index (χ2v) is 8.01. The summed E-state index contributed by atoms with van der Waals surface area (Å²) in [7, 11) is 0. The van der Waals surface area contributed by atoms with Crippen LogP contribution in [0.25, 0.3) is 10.9 Å². The molecule has 0 spiro atoms. The summed E-state index contributed by atoms with van der Waals surface area (Å²) >= 11 is 3.42. The fraction of sp³-hybridized carbons (Fsp3) is 0.0417. The molecule has 0 radical (unpaired) electrons. The van der Waals surface area contributed by atoms with Gasteiger partial charge in [0.2, 0.25) is 0 Å². The Morgan fingerprint density at radius 2 is 1.53 bits per heavy atom. The zero-order valence-electron chi connectivity index (χ0n) is 17.1. The lowest BCUT2D eigenvalue weighted by Gasteiger charge is -2.13. The van der Waals surface area contributed by atoms with Crippen molar-refractivity contribution in [2.45, 2.75) is 6.92 Å². The van der Waals surface area contributed by atoms with Gasteiger partial charge in [-0.15, -0.1) is 0 Å². The second kappa shape index (κ2) is 9.07. The van der Waals surface area contributed by atoms with Gasteiger partial charge in [0.15, 0.2) is 0 Å². The molecule has 3 N–H and O–H groups in total. The van der Waals surface area contributed by atoms with Crippen molar-refractivity contribution in [3.8, 4) is 0 Å². The molecule has 0 fully saturated rings. The predicted molar refractivity (Wildman–Crippen MR) is 128 cm³/mol. The van der Waals surface area contributed by atoms with E-state index in [0.29, 0.717) is 16.9 Å². The van der Waals surface area contributed by atoms with E-state index >= 15 is 0 Å². The van der Waals surface area contributed by atoms with Gasteiger partial charge in [0.05, 0.1) is 5.52 Å². The molecule has 0 bridgehead atoms. The molecule has 3 aromatic carbocycles. The lowest BCUT2D eigenvalue weighted by atomic mass is 10.2. The van der Waals surface area contributed by atoms with Crippen LogP contribution in [0.5, 0.6) is 0 Å². The number of nitrogens with zero attached hydrogens (tertiary/aromatic N) is 1. The molecule has 8 heteroatoms. The van der Waals surface area contributed by atoms with E-state index in [1.807, 2.05) is 31.2 Å². The number of benzene rings is 3. The number of amides is 3. The first-order chi connectivity index (χ1) is 15.4. The molecule has 1 heterocycles. The number of rotatable bonds is 4. The maximum Gasteiger partial charge on any atom is 0.328 e. The Bertz CT molecular complexity index is 1330. The summed E-state index contributed by atoms with van der Waals surface area (Å²) < 4.78 is 2.14. The van der Waals surface area contributed by atoms with Crippen LogP contribution in [0.1, 0.15) is 16.1 Å². The van der Waals surface area contributed by atoms with Gasteiger partial charge in [-0.3, -0.25) is 19.8 Å². The summed E-state index contributed by atoms with van der Waals surface area (Å²) in [5.74, 6) is -2.17. The van der Waals surface area contributed by atoms with Crippen molar-refractivity contribution in [3.63, 3.8) is 0 Å². The van der Waals surface area contributed by atoms with Gasteiger partial charge in [-0.25, -0.2) is 4.68 Å². The highest BCUT2D eigenvalue weighted by Crippen LogP contribution is 2.24. The van der Waals surface area contributed by atoms with Crippen molar-refractivity contribution >= 4 is 55.9 Å². The van der Waals surface area contributed by atoms with Gasteiger partial charge in [-0.1, -0.05) is 52.3 Å². The largest absolute Gasteiger partial charge is 0.328 e. The smallest absolute Gasteiger partial charge is 0.320 e. The maximum absolute atomic E-state index is 13.1. The van der Waals surface area contributed by atoms with Crippen LogP contribution in [0.15, 0.2) is 83.3 Å². The highest BCUT2D eigenvalue weighted by Gasteiger charge is 2.21. The maximum atomic E-state index is 13.1. The number of carbonyl (C=O) groups excluding carboxylic acids is 3. The molecule has 7 nitrogen and oxygen atoms in total. The SMILES string of the molecule is Cc1ccccc1NC(=O)c1cc2cc(Br)ccc2n1NC(=O)C(=O)Nc1ccccc1. The van der Waals surface area contributed by atoms with Gasteiger partial charge in [-0.05, 0) is 55.0 Å². The van der Waals surface area contributed by atoms with Crippen LogP contribution in [0.4, 0.5) is 11.4 Å². The minimum absolute atomic E-state index is 0.183. The Labute approximate surface area is 192 Å². The minimum atomic E-state index is -0.904. The first kappa shape index (κ1) is 21.3. The van der Waals surface area contributed by atoms with Gasteiger partial charge in [0, 0.05) is 21.2 Å². The van der Waals surface area contributed by atoms with E-state index in [4.69, 9.17) is 0 Å². The quantitative estimate of drug-likeness (QED) is 0.362. The molecule has 0 saturated carbocycles. The first-order valence-electron chi connectivity index (χ1n) is 9.78. The van der Waals surface area contributed by atoms with Crippen molar-refractivity contribution in [3.05, 3.63) is 94.6 Å². The van der Waals surface area contributed by atoms with Crippen LogP contribution in [-0.2, 0) is 9.59 Å². The number of para-hydroxylation sites is 2. The minimum Gasteiger partial charge on any atom is -0.320 e. The van der Waals surface area contributed by atoms with Crippen LogP contribution in [-0.4, -0.2) is 22.4 Å². The van der Waals surface area contributed by atoms with Crippen molar-refractivity contribution in [1.29, 1.82) is 0 Å². The number of halogens is 1. The molecule has 0 saturated heterocycles. The fourth-order valence-electron chi connectivity index (χ4n) is 3.23. The average Bonchev–Trinajstić information content (AvgIpc) is 3.13. The number of aromatic nitrogens is 1. The number of nitrogens with one attached hydrogen (secondary N) is 3. The summed E-state index contributed by atoms with van der Waals surface area (Å²) in [5, 5.41) is 6.12. The number of anilines is 2. The Kier molecular flexibility index (Phi) is 6.04. The normalized spacial score (nSPS) is 10.6. The van der Waals surface area contributed by atoms with E-state index in [-0.39, 0.29) is 5.69 Å². The number of carbonyl (C=O) groups is 3. The average molecular weight is 491 g/mol. The Balaban J connectivity index is 1.65. The number of fused-ring (bicyclic) bond motifs is 1. The summed E-state index contributed by atoms with van der Waals surface area (Å²) in [6, 6.07) is 23.1. The molecular formula is C24H19BrN4O3.